The first-order chi connectivity index (χ1) is 13.5. The maximum atomic E-state index is 13.0. The van der Waals surface area contributed by atoms with Gasteiger partial charge in [-0.25, -0.2) is 0 Å². The van der Waals surface area contributed by atoms with E-state index in [1.165, 1.54) is 18.2 Å². The molecule has 1 amide bonds. The molecule has 1 aliphatic rings. The van der Waals surface area contributed by atoms with Crippen molar-refractivity contribution in [3.63, 3.8) is 0 Å². The van der Waals surface area contributed by atoms with Crippen molar-refractivity contribution in [2.45, 2.75) is 43.6 Å². The van der Waals surface area contributed by atoms with E-state index < -0.39 is 0 Å². The molecule has 7 nitrogen and oxygen atoms in total. The predicted octanol–water partition coefficient (Wildman–Crippen LogP) is 3.88. The van der Waals surface area contributed by atoms with Crippen LogP contribution in [0.5, 0.6) is 11.5 Å². The van der Waals surface area contributed by atoms with Crippen LogP contribution in [-0.2, 0) is 4.79 Å². The molecule has 1 aliphatic heterocycles. The zero-order chi connectivity index (χ0) is 20.1. The molecule has 28 heavy (non-hydrogen) atoms. The molecule has 152 valence electrons. The highest BCUT2D eigenvalue weighted by Crippen LogP contribution is 2.33. The first kappa shape index (κ1) is 20.5. The van der Waals surface area contributed by atoms with Crippen molar-refractivity contribution in [1.29, 1.82) is 0 Å². The molecule has 1 fully saturated rings. The number of hydrogen-bond acceptors (Lipinski definition) is 7. The Balaban J connectivity index is 1.77. The van der Waals surface area contributed by atoms with E-state index in [0.29, 0.717) is 28.2 Å². The third-order valence-electron chi connectivity index (χ3n) is 4.75. The minimum atomic E-state index is -0.244. The van der Waals surface area contributed by atoms with E-state index in [0.717, 1.165) is 25.9 Å². The third-order valence-corrected chi connectivity index (χ3v) is 6.12. The van der Waals surface area contributed by atoms with Crippen molar-refractivity contribution >= 4 is 17.7 Å². The van der Waals surface area contributed by atoms with E-state index in [9.17, 15) is 4.79 Å². The lowest BCUT2D eigenvalue weighted by Gasteiger charge is -2.31. The minimum Gasteiger partial charge on any atom is -0.497 e. The Morgan fingerprint density at radius 3 is 2.29 bits per heavy atom. The van der Waals surface area contributed by atoms with E-state index in [-0.39, 0.29) is 17.1 Å². The van der Waals surface area contributed by atoms with Crippen LogP contribution in [0, 0.1) is 5.92 Å². The monoisotopic (exact) mass is 405 g/mol. The highest BCUT2D eigenvalue weighted by molar-refractivity contribution is 8.00. The summed E-state index contributed by atoms with van der Waals surface area (Å²) in [7, 11) is 3.18. The van der Waals surface area contributed by atoms with Crippen molar-refractivity contribution in [2.24, 2.45) is 5.92 Å². The summed E-state index contributed by atoms with van der Waals surface area (Å²) in [5.74, 6) is 1.96. The fourth-order valence-electron chi connectivity index (χ4n) is 3.18. The van der Waals surface area contributed by atoms with Crippen LogP contribution in [0.2, 0.25) is 0 Å². The second-order valence-electron chi connectivity index (χ2n) is 7.14. The number of rotatable bonds is 7. The summed E-state index contributed by atoms with van der Waals surface area (Å²) < 4.78 is 16.4. The van der Waals surface area contributed by atoms with Crippen molar-refractivity contribution in [1.82, 2.24) is 15.1 Å². The van der Waals surface area contributed by atoms with Gasteiger partial charge >= 0.3 is 0 Å². The summed E-state index contributed by atoms with van der Waals surface area (Å²) in [6.45, 7) is 5.76. The van der Waals surface area contributed by atoms with E-state index in [4.69, 9.17) is 13.9 Å². The lowest BCUT2D eigenvalue weighted by molar-refractivity contribution is -0.132. The average molecular weight is 406 g/mol. The van der Waals surface area contributed by atoms with E-state index >= 15 is 0 Å². The fourth-order valence-corrected chi connectivity index (χ4v) is 4.13. The molecule has 1 saturated heterocycles. The highest BCUT2D eigenvalue weighted by atomic mass is 32.2. The number of benzene rings is 1. The Hall–Kier alpha value is -2.22. The molecule has 0 aliphatic carbocycles. The minimum absolute atomic E-state index is 0.155. The molecular weight excluding hydrogens is 378 g/mol. The zero-order valence-corrected chi connectivity index (χ0v) is 17.6. The van der Waals surface area contributed by atoms with Gasteiger partial charge in [-0.1, -0.05) is 25.6 Å². The average Bonchev–Trinajstić information content (AvgIpc) is 3.20. The van der Waals surface area contributed by atoms with Gasteiger partial charge in [0.15, 0.2) is 0 Å². The molecule has 8 heteroatoms. The van der Waals surface area contributed by atoms with Crippen LogP contribution in [0.3, 0.4) is 0 Å². The number of ether oxygens (including phenoxy) is 2. The number of nitrogens with zero attached hydrogens (tertiary/aromatic N) is 3. The zero-order valence-electron chi connectivity index (χ0n) is 16.8. The third kappa shape index (κ3) is 4.79. The van der Waals surface area contributed by atoms with Crippen molar-refractivity contribution in [3.8, 4) is 23.0 Å². The number of likely N-dealkylation sites (tertiary alicyclic amines) is 1. The second-order valence-corrected chi connectivity index (χ2v) is 8.24. The maximum absolute atomic E-state index is 13.0. The molecule has 0 bridgehead atoms. The number of hydrogen-bond donors (Lipinski definition) is 0. The Kier molecular flexibility index (Phi) is 6.83. The number of piperidine rings is 1. The van der Waals surface area contributed by atoms with Gasteiger partial charge in [-0.05, 0) is 37.3 Å². The van der Waals surface area contributed by atoms with Crippen molar-refractivity contribution in [2.75, 3.05) is 27.3 Å². The Labute approximate surface area is 169 Å². The van der Waals surface area contributed by atoms with Gasteiger partial charge < -0.3 is 18.8 Å². The summed E-state index contributed by atoms with van der Waals surface area (Å²) in [6.07, 6.45) is 3.34. The molecule has 1 aromatic carbocycles. The first-order valence-electron chi connectivity index (χ1n) is 9.54. The summed E-state index contributed by atoms with van der Waals surface area (Å²) in [6, 6.07) is 5.40. The number of carbonyl (C=O) groups is 1. The first-order valence-corrected chi connectivity index (χ1v) is 10.4. The summed E-state index contributed by atoms with van der Waals surface area (Å²) in [5, 5.41) is 8.44. The number of carbonyl (C=O) groups excluding carboxylic acids is 1. The van der Waals surface area contributed by atoms with Crippen LogP contribution in [0.4, 0.5) is 0 Å². The lowest BCUT2D eigenvalue weighted by Crippen LogP contribution is -2.42. The van der Waals surface area contributed by atoms with Gasteiger partial charge in [0.05, 0.1) is 19.5 Å². The summed E-state index contributed by atoms with van der Waals surface area (Å²) in [4.78, 5) is 14.9. The number of thioether (sulfide) groups is 1. The van der Waals surface area contributed by atoms with Gasteiger partial charge in [0, 0.05) is 24.7 Å². The molecule has 2 aromatic rings. The van der Waals surface area contributed by atoms with E-state index in [2.05, 4.69) is 10.2 Å². The fraction of sp³-hybridized carbons (Fsp3) is 0.550. The number of methoxy groups -OCH3 is 2. The van der Waals surface area contributed by atoms with Gasteiger partial charge in [0.2, 0.25) is 11.8 Å². The second kappa shape index (κ2) is 9.32. The molecule has 0 unspecified atom stereocenters. The van der Waals surface area contributed by atoms with Crippen LogP contribution >= 0.6 is 11.8 Å². The number of amides is 1. The smallest absolute Gasteiger partial charge is 0.277 e. The van der Waals surface area contributed by atoms with Crippen LogP contribution in [0.15, 0.2) is 27.8 Å². The topological polar surface area (TPSA) is 77.7 Å². The quantitative estimate of drug-likeness (QED) is 0.647. The molecule has 1 atom stereocenters. The van der Waals surface area contributed by atoms with Crippen molar-refractivity contribution < 1.29 is 18.7 Å². The van der Waals surface area contributed by atoms with E-state index in [1.54, 1.807) is 20.3 Å². The molecule has 2 heterocycles. The normalized spacial score (nSPS) is 15.5. The highest BCUT2D eigenvalue weighted by Gasteiger charge is 2.30. The Morgan fingerprint density at radius 1 is 1.07 bits per heavy atom. The van der Waals surface area contributed by atoms with Gasteiger partial charge in [0.1, 0.15) is 11.5 Å². The molecule has 0 N–H and O–H groups in total. The van der Waals surface area contributed by atoms with Gasteiger partial charge in [-0.3, -0.25) is 4.79 Å². The molecule has 0 radical (unpaired) electrons. The standard InChI is InChI=1S/C20H27N3O4S/c1-13(2)17(19(24)23-8-6-5-7-9-23)28-20-22-21-18(27-20)14-10-15(25-3)12-16(11-14)26-4/h10-13,17H,5-9H2,1-4H3/t17-/m0/s1. The van der Waals surface area contributed by atoms with Gasteiger partial charge in [-0.15, -0.1) is 10.2 Å². The molecular formula is C20H27N3O4S. The van der Waals surface area contributed by atoms with Gasteiger partial charge in [-0.2, -0.15) is 0 Å². The SMILES string of the molecule is COc1cc(OC)cc(-c2nnc(S[C@H](C(=O)N3CCCCC3)C(C)C)o2)c1. The van der Waals surface area contributed by atoms with Crippen LogP contribution in [0.25, 0.3) is 11.5 Å². The largest absolute Gasteiger partial charge is 0.497 e. The molecule has 3 rings (SSSR count). The van der Waals surface area contributed by atoms with Gasteiger partial charge in [0.25, 0.3) is 5.22 Å². The maximum Gasteiger partial charge on any atom is 0.277 e. The van der Waals surface area contributed by atoms with Crippen LogP contribution in [-0.4, -0.2) is 53.6 Å². The summed E-state index contributed by atoms with van der Waals surface area (Å²) in [5.41, 5.74) is 0.707. The number of aromatic nitrogens is 2. The molecule has 1 aromatic heterocycles. The lowest BCUT2D eigenvalue weighted by atomic mass is 10.1. The van der Waals surface area contributed by atoms with Crippen LogP contribution in [0.1, 0.15) is 33.1 Å². The Bertz CT molecular complexity index is 780. The predicted molar refractivity (Wildman–Crippen MR) is 108 cm³/mol. The van der Waals surface area contributed by atoms with Crippen LogP contribution < -0.4 is 9.47 Å². The Morgan fingerprint density at radius 2 is 1.71 bits per heavy atom. The van der Waals surface area contributed by atoms with E-state index in [1.807, 2.05) is 30.9 Å². The molecule has 0 spiro atoms. The molecule has 0 saturated carbocycles. The van der Waals surface area contributed by atoms with Crippen molar-refractivity contribution in [3.05, 3.63) is 18.2 Å². The summed E-state index contributed by atoms with van der Waals surface area (Å²) >= 11 is 1.34.